The van der Waals surface area contributed by atoms with Gasteiger partial charge in [-0.25, -0.2) is 4.98 Å². The van der Waals surface area contributed by atoms with Crippen LogP contribution in [-0.2, 0) is 0 Å². The maximum Gasteiger partial charge on any atom is 0.127 e. The maximum absolute atomic E-state index is 9.27. The average molecular weight is 420 g/mol. The van der Waals surface area contributed by atoms with Crippen LogP contribution in [0.3, 0.4) is 0 Å². The molecule has 0 bridgehead atoms. The monoisotopic (exact) mass is 419 g/mol. The molecule has 30 heavy (non-hydrogen) atoms. The molecule has 0 amide bonds. The summed E-state index contributed by atoms with van der Waals surface area (Å²) in [4.78, 5) is 9.24. The first-order valence-electron chi connectivity index (χ1n) is 9.69. The van der Waals surface area contributed by atoms with Crippen molar-refractivity contribution < 1.29 is 10.2 Å². The van der Waals surface area contributed by atoms with Crippen LogP contribution in [0.15, 0.2) is 66.9 Å². The van der Waals surface area contributed by atoms with E-state index in [1.54, 1.807) is 0 Å². The highest BCUT2D eigenvalue weighted by atomic mass is 35.5. The van der Waals surface area contributed by atoms with Crippen molar-refractivity contribution >= 4 is 28.3 Å². The van der Waals surface area contributed by atoms with Crippen molar-refractivity contribution in [2.45, 2.75) is 13.0 Å². The highest BCUT2D eigenvalue weighted by molar-refractivity contribution is 6.30. The molecule has 3 N–H and O–H groups in total. The second kappa shape index (κ2) is 8.79. The van der Waals surface area contributed by atoms with Gasteiger partial charge in [0.1, 0.15) is 5.82 Å². The molecule has 0 atom stereocenters. The van der Waals surface area contributed by atoms with Crippen molar-refractivity contribution in [1.82, 2.24) is 9.97 Å². The van der Waals surface area contributed by atoms with Crippen LogP contribution >= 0.6 is 11.6 Å². The summed E-state index contributed by atoms with van der Waals surface area (Å²) in [6.07, 6.45) is 1.87. The van der Waals surface area contributed by atoms with Crippen LogP contribution in [0.25, 0.3) is 33.3 Å². The van der Waals surface area contributed by atoms with Crippen molar-refractivity contribution in [2.75, 3.05) is 18.5 Å². The molecule has 2 heterocycles. The molecule has 0 fully saturated rings. The number of aliphatic hydroxyl groups excluding tert-OH is 2. The highest BCUT2D eigenvalue weighted by Gasteiger charge is 2.10. The molecule has 0 radical (unpaired) electrons. The number of aromatic nitrogens is 2. The van der Waals surface area contributed by atoms with Gasteiger partial charge in [0.2, 0.25) is 0 Å². The Morgan fingerprint density at radius 1 is 0.900 bits per heavy atom. The summed E-state index contributed by atoms with van der Waals surface area (Å²) in [5.74, 6) is 0.631. The number of pyridine rings is 2. The number of anilines is 1. The lowest BCUT2D eigenvalue weighted by molar-refractivity contribution is 0.203. The first-order chi connectivity index (χ1) is 14.6. The van der Waals surface area contributed by atoms with Gasteiger partial charge in [0.15, 0.2) is 0 Å². The Labute approximate surface area is 180 Å². The minimum atomic E-state index is -0.433. The molecule has 2 aromatic carbocycles. The van der Waals surface area contributed by atoms with Crippen LogP contribution in [0.4, 0.5) is 5.82 Å². The summed E-state index contributed by atoms with van der Waals surface area (Å²) >= 11 is 5.97. The SMILES string of the molecule is Cc1cc(NC(CO)CO)nc2ccc(-c3ccc(-c4ccc(Cl)cc4)cn3)cc12. The van der Waals surface area contributed by atoms with Gasteiger partial charge < -0.3 is 15.5 Å². The van der Waals surface area contributed by atoms with Crippen LogP contribution in [0.1, 0.15) is 5.56 Å². The third-order valence-corrected chi connectivity index (χ3v) is 5.30. The number of hydrogen-bond donors (Lipinski definition) is 3. The predicted octanol–water partition coefficient (Wildman–Crippen LogP) is 4.69. The number of benzene rings is 2. The summed E-state index contributed by atoms with van der Waals surface area (Å²) in [5.41, 5.74) is 5.90. The molecule has 0 aliphatic carbocycles. The molecule has 0 saturated carbocycles. The fraction of sp³-hybridized carbons (Fsp3) is 0.167. The zero-order chi connectivity index (χ0) is 21.1. The Morgan fingerprint density at radius 3 is 2.27 bits per heavy atom. The zero-order valence-electron chi connectivity index (χ0n) is 16.5. The molecule has 0 spiro atoms. The third kappa shape index (κ3) is 4.28. The fourth-order valence-electron chi connectivity index (χ4n) is 3.36. The number of halogens is 1. The zero-order valence-corrected chi connectivity index (χ0v) is 17.3. The average Bonchev–Trinajstić information content (AvgIpc) is 2.78. The molecule has 0 aliphatic heterocycles. The predicted molar refractivity (Wildman–Crippen MR) is 122 cm³/mol. The Hall–Kier alpha value is -2.99. The van der Waals surface area contributed by atoms with Crippen molar-refractivity contribution in [3.05, 3.63) is 77.4 Å². The van der Waals surface area contributed by atoms with Gasteiger partial charge in [0.05, 0.1) is 30.5 Å². The lowest BCUT2D eigenvalue weighted by Gasteiger charge is -2.15. The molecule has 0 saturated heterocycles. The van der Waals surface area contributed by atoms with Gasteiger partial charge in [0, 0.05) is 27.7 Å². The smallest absolute Gasteiger partial charge is 0.127 e. The van der Waals surface area contributed by atoms with Gasteiger partial charge in [-0.3, -0.25) is 4.98 Å². The largest absolute Gasteiger partial charge is 0.394 e. The number of hydrogen-bond acceptors (Lipinski definition) is 5. The summed E-state index contributed by atoms with van der Waals surface area (Å²) in [6.45, 7) is 1.70. The second-order valence-corrected chi connectivity index (χ2v) is 7.64. The van der Waals surface area contributed by atoms with Gasteiger partial charge in [-0.1, -0.05) is 35.9 Å². The summed E-state index contributed by atoms with van der Waals surface area (Å²) in [5, 5.41) is 23.3. The molecule has 4 aromatic rings. The van der Waals surface area contributed by atoms with E-state index < -0.39 is 6.04 Å². The number of fused-ring (bicyclic) bond motifs is 1. The van der Waals surface area contributed by atoms with Crippen molar-refractivity contribution in [3.63, 3.8) is 0 Å². The van der Waals surface area contributed by atoms with E-state index in [0.29, 0.717) is 10.8 Å². The van der Waals surface area contributed by atoms with E-state index in [9.17, 15) is 10.2 Å². The van der Waals surface area contributed by atoms with Crippen molar-refractivity contribution in [1.29, 1.82) is 0 Å². The second-order valence-electron chi connectivity index (χ2n) is 7.20. The molecule has 152 valence electrons. The van der Waals surface area contributed by atoms with Crippen LogP contribution in [-0.4, -0.2) is 39.4 Å². The molecule has 0 unspecified atom stereocenters. The molecule has 6 heteroatoms. The quantitative estimate of drug-likeness (QED) is 0.422. The van der Waals surface area contributed by atoms with Crippen molar-refractivity contribution in [2.24, 2.45) is 0 Å². The standard InChI is InChI=1S/C24H22ClN3O2/c1-15-10-24(27-20(13-29)14-30)28-23-9-4-17(11-21(15)23)22-8-5-18(12-26-22)16-2-6-19(25)7-3-16/h2-12,20,29-30H,13-14H2,1H3,(H,27,28). The number of nitrogens with one attached hydrogen (secondary N) is 1. The topological polar surface area (TPSA) is 78.3 Å². The van der Waals surface area contributed by atoms with E-state index in [1.165, 1.54) is 0 Å². The van der Waals surface area contributed by atoms with Crippen LogP contribution in [0.5, 0.6) is 0 Å². The van der Waals surface area contributed by atoms with Gasteiger partial charge >= 0.3 is 0 Å². The third-order valence-electron chi connectivity index (χ3n) is 5.05. The first kappa shape index (κ1) is 20.3. The van der Waals surface area contributed by atoms with Gasteiger partial charge in [-0.2, -0.15) is 0 Å². The number of aryl methyl sites for hydroxylation is 1. The number of rotatable bonds is 6. The summed E-state index contributed by atoms with van der Waals surface area (Å²) < 4.78 is 0. The van der Waals surface area contributed by atoms with Gasteiger partial charge in [0.25, 0.3) is 0 Å². The molecule has 5 nitrogen and oxygen atoms in total. The van der Waals surface area contributed by atoms with E-state index in [2.05, 4.69) is 27.4 Å². The van der Waals surface area contributed by atoms with E-state index in [-0.39, 0.29) is 13.2 Å². The van der Waals surface area contributed by atoms with E-state index in [4.69, 9.17) is 11.6 Å². The van der Waals surface area contributed by atoms with E-state index >= 15 is 0 Å². The Kier molecular flexibility index (Phi) is 5.95. The summed E-state index contributed by atoms with van der Waals surface area (Å²) in [6, 6.07) is 19.3. The van der Waals surface area contributed by atoms with Crippen LogP contribution < -0.4 is 5.32 Å². The lowest BCUT2D eigenvalue weighted by Crippen LogP contribution is -2.28. The fourth-order valence-corrected chi connectivity index (χ4v) is 3.49. The van der Waals surface area contributed by atoms with Gasteiger partial charge in [-0.05, 0) is 54.4 Å². The lowest BCUT2D eigenvalue weighted by atomic mass is 10.0. The van der Waals surface area contributed by atoms with Crippen molar-refractivity contribution in [3.8, 4) is 22.4 Å². The van der Waals surface area contributed by atoms with Crippen LogP contribution in [0.2, 0.25) is 5.02 Å². The Morgan fingerprint density at radius 2 is 1.60 bits per heavy atom. The minimum Gasteiger partial charge on any atom is -0.394 e. The molecular formula is C24H22ClN3O2. The van der Waals surface area contributed by atoms with Crippen LogP contribution in [0, 0.1) is 6.92 Å². The molecule has 4 rings (SSSR count). The first-order valence-corrected chi connectivity index (χ1v) is 10.1. The Balaban J connectivity index is 1.63. The normalized spacial score (nSPS) is 11.2. The minimum absolute atomic E-state index is 0.161. The maximum atomic E-state index is 9.27. The van der Waals surface area contributed by atoms with Gasteiger partial charge in [-0.15, -0.1) is 0 Å². The molecular weight excluding hydrogens is 398 g/mol. The Bertz CT molecular complexity index is 1160. The highest BCUT2D eigenvalue weighted by Crippen LogP contribution is 2.28. The van der Waals surface area contributed by atoms with E-state index in [0.717, 1.165) is 38.9 Å². The molecule has 0 aliphatic rings. The summed E-state index contributed by atoms with van der Waals surface area (Å²) in [7, 11) is 0. The number of nitrogens with zero attached hydrogens (tertiary/aromatic N) is 2. The number of aliphatic hydroxyl groups is 2. The van der Waals surface area contributed by atoms with E-state index in [1.807, 2.05) is 61.7 Å². The molecule has 2 aromatic heterocycles.